The van der Waals surface area contributed by atoms with Crippen LogP contribution in [0.25, 0.3) is 0 Å². The van der Waals surface area contributed by atoms with E-state index in [1.165, 1.54) is 19.3 Å². The Bertz CT molecular complexity index is 408. The Morgan fingerprint density at radius 3 is 2.88 bits per heavy atom. The summed E-state index contributed by atoms with van der Waals surface area (Å²) in [6.45, 7) is 3.01. The number of hydrogen-bond donors (Lipinski definition) is 2. The summed E-state index contributed by atoms with van der Waals surface area (Å²) in [5.41, 5.74) is 0.603. The van der Waals surface area contributed by atoms with Gasteiger partial charge in [-0.2, -0.15) is 0 Å². The first-order valence-electron chi connectivity index (χ1n) is 6.09. The molecular formula is C13H18N2O2. The summed E-state index contributed by atoms with van der Waals surface area (Å²) in [6, 6.07) is 3.23. The van der Waals surface area contributed by atoms with Crippen molar-refractivity contribution in [2.24, 2.45) is 5.41 Å². The summed E-state index contributed by atoms with van der Waals surface area (Å²) in [5, 5.41) is 12.2. The van der Waals surface area contributed by atoms with E-state index in [0.717, 1.165) is 13.0 Å². The number of carboxylic acid groups (broad SMARTS) is 1. The van der Waals surface area contributed by atoms with E-state index < -0.39 is 5.97 Å². The molecule has 1 fully saturated rings. The van der Waals surface area contributed by atoms with Gasteiger partial charge in [0.15, 0.2) is 0 Å². The Morgan fingerprint density at radius 1 is 1.59 bits per heavy atom. The van der Waals surface area contributed by atoms with E-state index in [-0.39, 0.29) is 5.56 Å². The second kappa shape index (κ2) is 4.73. The second-order valence-corrected chi connectivity index (χ2v) is 4.77. The zero-order valence-electron chi connectivity index (χ0n) is 10.1. The molecule has 4 heteroatoms. The van der Waals surface area contributed by atoms with Crippen LogP contribution in [0.15, 0.2) is 18.3 Å². The number of hydrogen-bond acceptors (Lipinski definition) is 3. The lowest BCUT2D eigenvalue weighted by Gasteiger charge is -2.41. The van der Waals surface area contributed by atoms with Crippen molar-refractivity contribution in [1.82, 2.24) is 4.98 Å². The SMILES string of the molecule is CCC1(CNc2ncccc2C(=O)O)CCC1. The summed E-state index contributed by atoms with van der Waals surface area (Å²) >= 11 is 0. The highest BCUT2D eigenvalue weighted by Gasteiger charge is 2.35. The maximum Gasteiger partial charge on any atom is 0.339 e. The number of carboxylic acids is 1. The highest BCUT2D eigenvalue weighted by molar-refractivity contribution is 5.92. The molecule has 92 valence electrons. The van der Waals surface area contributed by atoms with Gasteiger partial charge in [-0.1, -0.05) is 13.3 Å². The van der Waals surface area contributed by atoms with Gasteiger partial charge in [-0.05, 0) is 36.8 Å². The first-order chi connectivity index (χ1) is 8.17. The van der Waals surface area contributed by atoms with Gasteiger partial charge in [-0.15, -0.1) is 0 Å². The molecule has 0 bridgehead atoms. The molecule has 0 unspecified atom stereocenters. The van der Waals surface area contributed by atoms with Crippen LogP contribution in [-0.2, 0) is 0 Å². The number of carbonyl (C=O) groups is 1. The van der Waals surface area contributed by atoms with Crippen molar-refractivity contribution >= 4 is 11.8 Å². The van der Waals surface area contributed by atoms with Crippen molar-refractivity contribution in [3.63, 3.8) is 0 Å². The van der Waals surface area contributed by atoms with Gasteiger partial charge in [-0.3, -0.25) is 0 Å². The third-order valence-corrected chi connectivity index (χ3v) is 3.83. The molecule has 1 aliphatic rings. The smallest absolute Gasteiger partial charge is 0.339 e. The van der Waals surface area contributed by atoms with Crippen molar-refractivity contribution in [1.29, 1.82) is 0 Å². The number of rotatable bonds is 5. The van der Waals surface area contributed by atoms with Crippen molar-refractivity contribution in [3.05, 3.63) is 23.9 Å². The zero-order valence-corrected chi connectivity index (χ0v) is 10.1. The summed E-state index contributed by atoms with van der Waals surface area (Å²) in [7, 11) is 0. The van der Waals surface area contributed by atoms with Crippen molar-refractivity contribution in [2.45, 2.75) is 32.6 Å². The Balaban J connectivity index is 2.06. The van der Waals surface area contributed by atoms with Gasteiger partial charge in [0.2, 0.25) is 0 Å². The molecule has 1 saturated carbocycles. The summed E-state index contributed by atoms with van der Waals surface area (Å²) < 4.78 is 0. The van der Waals surface area contributed by atoms with Gasteiger partial charge in [0.25, 0.3) is 0 Å². The molecule has 0 amide bonds. The molecule has 4 nitrogen and oxygen atoms in total. The molecule has 1 heterocycles. The normalized spacial score (nSPS) is 17.2. The first-order valence-corrected chi connectivity index (χ1v) is 6.09. The van der Waals surface area contributed by atoms with E-state index in [0.29, 0.717) is 11.2 Å². The molecule has 1 aromatic heterocycles. The molecular weight excluding hydrogens is 216 g/mol. The number of nitrogens with one attached hydrogen (secondary N) is 1. The maximum absolute atomic E-state index is 11.0. The highest BCUT2D eigenvalue weighted by atomic mass is 16.4. The predicted molar refractivity (Wildman–Crippen MR) is 66.3 cm³/mol. The van der Waals surface area contributed by atoms with Crippen LogP contribution in [0.4, 0.5) is 5.82 Å². The molecule has 1 aromatic rings. The lowest BCUT2D eigenvalue weighted by Crippen LogP contribution is -2.36. The third-order valence-electron chi connectivity index (χ3n) is 3.83. The Morgan fingerprint density at radius 2 is 2.35 bits per heavy atom. The average molecular weight is 234 g/mol. The average Bonchev–Trinajstić information content (AvgIpc) is 2.28. The number of anilines is 1. The van der Waals surface area contributed by atoms with Gasteiger partial charge in [0.05, 0.1) is 0 Å². The molecule has 1 aliphatic carbocycles. The zero-order chi connectivity index (χ0) is 12.3. The number of nitrogens with zero attached hydrogens (tertiary/aromatic N) is 1. The molecule has 17 heavy (non-hydrogen) atoms. The third kappa shape index (κ3) is 2.40. The minimum absolute atomic E-state index is 0.248. The highest BCUT2D eigenvalue weighted by Crippen LogP contribution is 2.43. The van der Waals surface area contributed by atoms with Gasteiger partial charge < -0.3 is 10.4 Å². The molecule has 0 aliphatic heterocycles. The van der Waals surface area contributed by atoms with Crippen LogP contribution < -0.4 is 5.32 Å². The molecule has 0 spiro atoms. The molecule has 0 aromatic carbocycles. The van der Waals surface area contributed by atoms with Crippen LogP contribution in [0.2, 0.25) is 0 Å². The van der Waals surface area contributed by atoms with Crippen molar-refractivity contribution in [2.75, 3.05) is 11.9 Å². The summed E-state index contributed by atoms with van der Waals surface area (Å²) in [5.74, 6) is -0.445. The van der Waals surface area contributed by atoms with Crippen LogP contribution in [0, 0.1) is 5.41 Å². The fourth-order valence-corrected chi connectivity index (χ4v) is 2.32. The standard InChI is InChI=1S/C13H18N2O2/c1-2-13(6-4-7-13)9-15-11-10(12(16)17)5-3-8-14-11/h3,5,8H,2,4,6-7,9H2,1H3,(H,14,15)(H,16,17). The van der Waals surface area contributed by atoms with E-state index in [4.69, 9.17) is 5.11 Å². The number of pyridine rings is 1. The molecule has 0 saturated heterocycles. The summed E-state index contributed by atoms with van der Waals surface area (Å²) in [4.78, 5) is 15.1. The predicted octanol–water partition coefficient (Wildman–Crippen LogP) is 2.77. The lowest BCUT2D eigenvalue weighted by molar-refractivity contribution is 0.0697. The monoisotopic (exact) mass is 234 g/mol. The molecule has 0 atom stereocenters. The topological polar surface area (TPSA) is 62.2 Å². The fourth-order valence-electron chi connectivity index (χ4n) is 2.32. The van der Waals surface area contributed by atoms with Gasteiger partial charge in [0.1, 0.15) is 11.4 Å². The Labute approximate surface area is 101 Å². The van der Waals surface area contributed by atoms with E-state index in [1.807, 2.05) is 0 Å². The van der Waals surface area contributed by atoms with Crippen LogP contribution in [0.1, 0.15) is 43.0 Å². The fraction of sp³-hybridized carbons (Fsp3) is 0.538. The van der Waals surface area contributed by atoms with E-state index in [9.17, 15) is 4.79 Å². The first kappa shape index (κ1) is 11.9. The van der Waals surface area contributed by atoms with Crippen molar-refractivity contribution in [3.8, 4) is 0 Å². The quantitative estimate of drug-likeness (QED) is 0.822. The molecule has 2 N–H and O–H groups in total. The van der Waals surface area contributed by atoms with Crippen LogP contribution in [0.5, 0.6) is 0 Å². The van der Waals surface area contributed by atoms with Gasteiger partial charge in [-0.25, -0.2) is 9.78 Å². The Hall–Kier alpha value is -1.58. The second-order valence-electron chi connectivity index (χ2n) is 4.77. The van der Waals surface area contributed by atoms with E-state index >= 15 is 0 Å². The summed E-state index contributed by atoms with van der Waals surface area (Å²) in [6.07, 6.45) is 6.49. The van der Waals surface area contributed by atoms with Gasteiger partial charge >= 0.3 is 5.97 Å². The molecule has 2 rings (SSSR count). The van der Waals surface area contributed by atoms with Crippen LogP contribution >= 0.6 is 0 Å². The van der Waals surface area contributed by atoms with E-state index in [1.54, 1.807) is 18.3 Å². The van der Waals surface area contributed by atoms with Crippen LogP contribution in [-0.4, -0.2) is 22.6 Å². The molecule has 0 radical (unpaired) electrons. The number of aromatic carboxylic acids is 1. The largest absolute Gasteiger partial charge is 0.478 e. The maximum atomic E-state index is 11.0. The van der Waals surface area contributed by atoms with E-state index in [2.05, 4.69) is 17.2 Å². The van der Waals surface area contributed by atoms with Gasteiger partial charge in [0, 0.05) is 12.7 Å². The van der Waals surface area contributed by atoms with Crippen LogP contribution in [0.3, 0.4) is 0 Å². The number of aromatic nitrogens is 1. The minimum Gasteiger partial charge on any atom is -0.478 e. The lowest BCUT2D eigenvalue weighted by atomic mass is 9.67. The van der Waals surface area contributed by atoms with Crippen molar-refractivity contribution < 1.29 is 9.90 Å². The Kier molecular flexibility index (Phi) is 3.31. The minimum atomic E-state index is -0.931.